The van der Waals surface area contributed by atoms with Gasteiger partial charge in [0.15, 0.2) is 0 Å². The first-order valence-electron chi connectivity index (χ1n) is 4.70. The third-order valence-corrected chi connectivity index (χ3v) is 3.61. The van der Waals surface area contributed by atoms with Crippen LogP contribution in [0.4, 0.5) is 0 Å². The number of hydrogen-bond donors (Lipinski definition) is 1. The highest BCUT2D eigenvalue weighted by molar-refractivity contribution is 9.10. The lowest BCUT2D eigenvalue weighted by atomic mass is 10.1. The fourth-order valence-electron chi connectivity index (χ4n) is 1.45. The minimum Gasteiger partial charge on any atom is -0.313 e. The molecule has 0 heterocycles. The summed E-state index contributed by atoms with van der Waals surface area (Å²) in [6.07, 6.45) is 3.31. The number of rotatable bonds is 5. The molecule has 1 aromatic carbocycles. The van der Waals surface area contributed by atoms with Crippen LogP contribution in [0.25, 0.3) is 0 Å². The Morgan fingerprint density at radius 1 is 1.43 bits per heavy atom. The van der Waals surface area contributed by atoms with Gasteiger partial charge < -0.3 is 5.32 Å². The highest BCUT2D eigenvalue weighted by Crippen LogP contribution is 2.25. The fraction of sp³-hybridized carbons (Fsp3) is 0.455. The number of thioether (sulfide) groups is 1. The lowest BCUT2D eigenvalue weighted by Crippen LogP contribution is -2.17. The second-order valence-corrected chi connectivity index (χ2v) is 4.98. The number of halogens is 1. The molecule has 3 heteroatoms. The van der Waals surface area contributed by atoms with Gasteiger partial charge in [-0.3, -0.25) is 0 Å². The van der Waals surface area contributed by atoms with Crippen molar-refractivity contribution in [2.24, 2.45) is 0 Å². The molecule has 0 fully saturated rings. The van der Waals surface area contributed by atoms with E-state index < -0.39 is 0 Å². The maximum absolute atomic E-state index is 3.58. The van der Waals surface area contributed by atoms with Crippen LogP contribution in [0.1, 0.15) is 18.0 Å². The van der Waals surface area contributed by atoms with Gasteiger partial charge in [0.25, 0.3) is 0 Å². The van der Waals surface area contributed by atoms with Crippen LogP contribution in [0.15, 0.2) is 28.7 Å². The second kappa shape index (κ2) is 6.49. The first kappa shape index (κ1) is 12.1. The van der Waals surface area contributed by atoms with Crippen molar-refractivity contribution in [1.82, 2.24) is 5.32 Å². The summed E-state index contributed by atoms with van der Waals surface area (Å²) in [6.45, 7) is 0. The first-order chi connectivity index (χ1) is 6.79. The van der Waals surface area contributed by atoms with E-state index in [-0.39, 0.29) is 0 Å². The zero-order valence-corrected chi connectivity index (χ0v) is 11.0. The summed E-state index contributed by atoms with van der Waals surface area (Å²) in [7, 11) is 2.02. The van der Waals surface area contributed by atoms with Crippen molar-refractivity contribution in [3.63, 3.8) is 0 Å². The van der Waals surface area contributed by atoms with Crippen LogP contribution in [0, 0.1) is 0 Å². The Balaban J connectivity index is 2.73. The molecule has 0 aliphatic rings. The molecule has 0 amide bonds. The van der Waals surface area contributed by atoms with Crippen molar-refractivity contribution in [2.75, 3.05) is 19.1 Å². The topological polar surface area (TPSA) is 12.0 Å². The summed E-state index contributed by atoms with van der Waals surface area (Å²) >= 11 is 5.47. The predicted molar refractivity (Wildman–Crippen MR) is 68.9 cm³/mol. The molecule has 0 aromatic heterocycles. The van der Waals surface area contributed by atoms with E-state index in [2.05, 4.69) is 51.8 Å². The molecule has 0 aliphatic heterocycles. The molecule has 14 heavy (non-hydrogen) atoms. The molecule has 0 spiro atoms. The van der Waals surface area contributed by atoms with Gasteiger partial charge in [-0.25, -0.2) is 0 Å². The molecule has 0 radical (unpaired) electrons. The van der Waals surface area contributed by atoms with Gasteiger partial charge in [-0.1, -0.05) is 34.1 Å². The first-order valence-corrected chi connectivity index (χ1v) is 6.89. The Morgan fingerprint density at radius 2 is 2.14 bits per heavy atom. The third-order valence-electron chi connectivity index (χ3n) is 2.24. The van der Waals surface area contributed by atoms with Crippen LogP contribution in [0.5, 0.6) is 0 Å². The van der Waals surface area contributed by atoms with Gasteiger partial charge in [-0.05, 0) is 37.1 Å². The third kappa shape index (κ3) is 3.30. The Hall–Kier alpha value is 0.01000. The van der Waals surface area contributed by atoms with Crippen molar-refractivity contribution in [3.05, 3.63) is 34.3 Å². The summed E-state index contributed by atoms with van der Waals surface area (Å²) in [5.74, 6) is 1.19. The minimum atomic E-state index is 0.457. The zero-order valence-electron chi connectivity index (χ0n) is 8.59. The van der Waals surface area contributed by atoms with Gasteiger partial charge in [0, 0.05) is 10.5 Å². The van der Waals surface area contributed by atoms with Crippen molar-refractivity contribution in [2.45, 2.75) is 12.5 Å². The highest BCUT2D eigenvalue weighted by atomic mass is 79.9. The van der Waals surface area contributed by atoms with E-state index in [4.69, 9.17) is 0 Å². The Morgan fingerprint density at radius 3 is 2.71 bits per heavy atom. The lowest BCUT2D eigenvalue weighted by Gasteiger charge is -2.17. The summed E-state index contributed by atoms with van der Waals surface area (Å²) in [6, 6.07) is 8.86. The van der Waals surface area contributed by atoms with Crippen LogP contribution in [0.3, 0.4) is 0 Å². The maximum Gasteiger partial charge on any atom is 0.0336 e. The van der Waals surface area contributed by atoms with Crippen LogP contribution in [-0.4, -0.2) is 19.1 Å². The Bertz CT molecular complexity index is 278. The number of benzene rings is 1. The molecule has 1 N–H and O–H groups in total. The van der Waals surface area contributed by atoms with Crippen molar-refractivity contribution < 1.29 is 0 Å². The molecule has 0 saturated heterocycles. The molecule has 0 aliphatic carbocycles. The molecule has 1 atom stereocenters. The molecule has 1 rings (SSSR count). The molecular weight excluding hydrogens is 258 g/mol. The van der Waals surface area contributed by atoms with E-state index in [1.807, 2.05) is 18.8 Å². The minimum absolute atomic E-state index is 0.457. The largest absolute Gasteiger partial charge is 0.313 e. The summed E-state index contributed by atoms with van der Waals surface area (Å²) in [5.41, 5.74) is 1.35. The molecule has 0 saturated carbocycles. The molecule has 0 bridgehead atoms. The van der Waals surface area contributed by atoms with E-state index in [1.54, 1.807) is 0 Å². The van der Waals surface area contributed by atoms with Crippen LogP contribution >= 0.6 is 27.7 Å². The van der Waals surface area contributed by atoms with Crippen LogP contribution < -0.4 is 5.32 Å². The van der Waals surface area contributed by atoms with E-state index in [1.165, 1.54) is 22.2 Å². The van der Waals surface area contributed by atoms with Crippen LogP contribution in [0.2, 0.25) is 0 Å². The van der Waals surface area contributed by atoms with Gasteiger partial charge in [-0.2, -0.15) is 11.8 Å². The molecular formula is C11H16BrNS. The highest BCUT2D eigenvalue weighted by Gasteiger charge is 2.10. The maximum atomic E-state index is 3.58. The SMILES string of the molecule is CNC(CCSC)c1ccccc1Br. The van der Waals surface area contributed by atoms with Gasteiger partial charge in [-0.15, -0.1) is 0 Å². The monoisotopic (exact) mass is 273 g/mol. The van der Waals surface area contributed by atoms with Gasteiger partial charge >= 0.3 is 0 Å². The van der Waals surface area contributed by atoms with Gasteiger partial charge in [0.05, 0.1) is 0 Å². The predicted octanol–water partition coefficient (Wildman–Crippen LogP) is 3.46. The molecule has 1 aromatic rings. The fourth-order valence-corrected chi connectivity index (χ4v) is 2.48. The van der Waals surface area contributed by atoms with Crippen molar-refractivity contribution >= 4 is 27.7 Å². The standard InChI is InChI=1S/C11H16BrNS/c1-13-11(7-8-14-2)9-5-3-4-6-10(9)12/h3-6,11,13H,7-8H2,1-2H3. The molecule has 1 nitrogen and oxygen atoms in total. The van der Waals surface area contributed by atoms with E-state index in [0.717, 1.165) is 0 Å². The van der Waals surface area contributed by atoms with Gasteiger partial charge in [0.1, 0.15) is 0 Å². The van der Waals surface area contributed by atoms with Crippen molar-refractivity contribution in [3.8, 4) is 0 Å². The average Bonchev–Trinajstić information content (AvgIpc) is 2.21. The second-order valence-electron chi connectivity index (χ2n) is 3.14. The van der Waals surface area contributed by atoms with Crippen molar-refractivity contribution in [1.29, 1.82) is 0 Å². The van der Waals surface area contributed by atoms with E-state index in [9.17, 15) is 0 Å². The van der Waals surface area contributed by atoms with Gasteiger partial charge in [0.2, 0.25) is 0 Å². The number of nitrogens with one attached hydrogen (secondary N) is 1. The average molecular weight is 274 g/mol. The normalized spacial score (nSPS) is 12.8. The quantitative estimate of drug-likeness (QED) is 0.882. The van der Waals surface area contributed by atoms with E-state index in [0.29, 0.717) is 6.04 Å². The summed E-state index contributed by atoms with van der Waals surface area (Å²) < 4.78 is 1.19. The Labute approximate surface area is 98.8 Å². The van der Waals surface area contributed by atoms with E-state index >= 15 is 0 Å². The molecule has 78 valence electrons. The zero-order chi connectivity index (χ0) is 10.4. The summed E-state index contributed by atoms with van der Waals surface area (Å²) in [4.78, 5) is 0. The molecule has 1 unspecified atom stereocenters. The smallest absolute Gasteiger partial charge is 0.0336 e. The summed E-state index contributed by atoms with van der Waals surface area (Å²) in [5, 5.41) is 3.35. The lowest BCUT2D eigenvalue weighted by molar-refractivity contribution is 0.579. The number of hydrogen-bond acceptors (Lipinski definition) is 2. The van der Waals surface area contributed by atoms with Crippen LogP contribution in [-0.2, 0) is 0 Å². The Kier molecular flexibility index (Phi) is 5.60.